The van der Waals surface area contributed by atoms with E-state index < -0.39 is 12.0 Å². The van der Waals surface area contributed by atoms with Crippen molar-refractivity contribution in [3.8, 4) is 0 Å². The van der Waals surface area contributed by atoms with Crippen molar-refractivity contribution in [1.29, 1.82) is 0 Å². The second kappa shape index (κ2) is 4.53. The third-order valence-corrected chi connectivity index (χ3v) is 4.04. The molecule has 0 saturated heterocycles. The summed E-state index contributed by atoms with van der Waals surface area (Å²) in [5, 5.41) is 15.3. The van der Waals surface area contributed by atoms with E-state index in [1.165, 1.54) is 4.68 Å². The number of nitrogens with zero attached hydrogens (tertiary/aromatic N) is 3. The largest absolute Gasteiger partial charge is 0.381 e. The molecular formula is C15H15F2N5. The Balaban J connectivity index is 1.48. The topological polar surface area (TPSA) is 58.5 Å². The second-order valence-electron chi connectivity index (χ2n) is 5.79. The van der Waals surface area contributed by atoms with E-state index >= 15 is 0 Å². The number of nitrogens with one attached hydrogen (secondary N) is 2. The third-order valence-electron chi connectivity index (χ3n) is 4.04. The Morgan fingerprint density at radius 2 is 2.23 bits per heavy atom. The second-order valence-corrected chi connectivity index (χ2v) is 5.79. The lowest BCUT2D eigenvalue weighted by atomic mass is 10.1. The third kappa shape index (κ3) is 2.22. The predicted molar refractivity (Wildman–Crippen MR) is 79.0 cm³/mol. The number of fused-ring (bicyclic) bond motifs is 1. The quantitative estimate of drug-likeness (QED) is 0.778. The summed E-state index contributed by atoms with van der Waals surface area (Å²) >= 11 is 0. The molecule has 2 heterocycles. The maximum absolute atomic E-state index is 13.0. The first-order valence-corrected chi connectivity index (χ1v) is 7.11. The number of H-pyrrole nitrogens is 1. The number of rotatable bonds is 4. The van der Waals surface area contributed by atoms with Crippen LogP contribution >= 0.6 is 0 Å². The van der Waals surface area contributed by atoms with Gasteiger partial charge in [-0.2, -0.15) is 10.2 Å². The van der Waals surface area contributed by atoms with Crippen LogP contribution in [0, 0.1) is 6.92 Å². The molecule has 0 aliphatic heterocycles. The van der Waals surface area contributed by atoms with Gasteiger partial charge in [-0.3, -0.25) is 9.78 Å². The summed E-state index contributed by atoms with van der Waals surface area (Å²) in [7, 11) is 0. The summed E-state index contributed by atoms with van der Waals surface area (Å²) in [6.45, 7) is 2.55. The molecule has 0 bridgehead atoms. The Labute approximate surface area is 125 Å². The molecule has 1 atom stereocenters. The van der Waals surface area contributed by atoms with Crippen LogP contribution in [0.1, 0.15) is 23.6 Å². The SMILES string of the molecule is Cc1cc2[nH]ncc2cc1NCc1cnn(C2CC2(F)F)c1. The zero-order valence-electron chi connectivity index (χ0n) is 12.0. The summed E-state index contributed by atoms with van der Waals surface area (Å²) in [4.78, 5) is 0. The fourth-order valence-corrected chi connectivity index (χ4v) is 2.61. The number of benzene rings is 1. The number of hydrogen-bond acceptors (Lipinski definition) is 3. The first-order valence-electron chi connectivity index (χ1n) is 7.11. The van der Waals surface area contributed by atoms with Crippen molar-refractivity contribution < 1.29 is 8.78 Å². The number of aromatic nitrogens is 4. The highest BCUT2D eigenvalue weighted by atomic mass is 19.3. The molecule has 0 radical (unpaired) electrons. The van der Waals surface area contributed by atoms with Crippen LogP contribution in [-0.4, -0.2) is 25.9 Å². The van der Waals surface area contributed by atoms with Crippen molar-refractivity contribution >= 4 is 16.6 Å². The summed E-state index contributed by atoms with van der Waals surface area (Å²) in [6.07, 6.45) is 4.97. The van der Waals surface area contributed by atoms with Crippen LogP contribution in [0.25, 0.3) is 10.9 Å². The van der Waals surface area contributed by atoms with E-state index in [1.54, 1.807) is 18.6 Å². The van der Waals surface area contributed by atoms with E-state index in [9.17, 15) is 8.78 Å². The van der Waals surface area contributed by atoms with Gasteiger partial charge in [0.2, 0.25) is 0 Å². The van der Waals surface area contributed by atoms with Crippen LogP contribution in [0.5, 0.6) is 0 Å². The zero-order chi connectivity index (χ0) is 15.3. The van der Waals surface area contributed by atoms with Gasteiger partial charge in [-0.05, 0) is 24.6 Å². The molecule has 1 saturated carbocycles. The number of aromatic amines is 1. The maximum atomic E-state index is 13.0. The minimum atomic E-state index is -2.60. The van der Waals surface area contributed by atoms with E-state index in [-0.39, 0.29) is 6.42 Å². The summed E-state index contributed by atoms with van der Waals surface area (Å²) in [6, 6.07) is 3.28. The molecule has 22 heavy (non-hydrogen) atoms. The van der Waals surface area contributed by atoms with Crippen LogP contribution in [-0.2, 0) is 6.54 Å². The molecule has 1 aromatic carbocycles. The first-order chi connectivity index (χ1) is 10.5. The van der Waals surface area contributed by atoms with Gasteiger partial charge in [0.05, 0.1) is 17.9 Å². The van der Waals surface area contributed by atoms with E-state index in [0.717, 1.165) is 27.7 Å². The molecule has 4 rings (SSSR count). The molecule has 1 unspecified atom stereocenters. The average Bonchev–Trinajstić information content (AvgIpc) is 2.89. The standard InChI is InChI=1S/C15H15F2N5/c1-9-2-13-11(7-19-21-13)3-12(9)18-5-10-6-20-22(8-10)14-4-15(14,16)17/h2-3,6-8,14,18H,4-5H2,1H3,(H,19,21). The lowest BCUT2D eigenvalue weighted by molar-refractivity contribution is 0.0983. The predicted octanol–water partition coefficient (Wildman–Crippen LogP) is 3.26. The Morgan fingerprint density at radius 1 is 1.41 bits per heavy atom. The Kier molecular flexibility index (Phi) is 2.72. The summed E-state index contributed by atoms with van der Waals surface area (Å²) < 4.78 is 27.4. The maximum Gasteiger partial charge on any atom is 0.272 e. The average molecular weight is 303 g/mol. The molecule has 7 heteroatoms. The van der Waals surface area contributed by atoms with Crippen molar-refractivity contribution in [2.45, 2.75) is 31.9 Å². The fourth-order valence-electron chi connectivity index (χ4n) is 2.61. The fraction of sp³-hybridized carbons (Fsp3) is 0.333. The molecule has 3 aromatic rings. The lowest BCUT2D eigenvalue weighted by Gasteiger charge is -2.08. The lowest BCUT2D eigenvalue weighted by Crippen LogP contribution is -2.03. The molecule has 1 aliphatic carbocycles. The highest BCUT2D eigenvalue weighted by molar-refractivity contribution is 5.83. The highest BCUT2D eigenvalue weighted by Crippen LogP contribution is 2.52. The molecule has 114 valence electrons. The van der Waals surface area contributed by atoms with Gasteiger partial charge in [-0.15, -0.1) is 0 Å². The molecule has 1 aliphatic rings. The van der Waals surface area contributed by atoms with Crippen LogP contribution < -0.4 is 5.32 Å². The molecule has 0 spiro atoms. The smallest absolute Gasteiger partial charge is 0.272 e. The van der Waals surface area contributed by atoms with E-state index in [0.29, 0.717) is 6.54 Å². The normalized spacial score (nSPS) is 19.5. The van der Waals surface area contributed by atoms with Crippen LogP contribution in [0.2, 0.25) is 0 Å². The van der Waals surface area contributed by atoms with Crippen molar-refractivity contribution in [2.75, 3.05) is 5.32 Å². The Bertz CT molecular complexity index is 835. The van der Waals surface area contributed by atoms with Gasteiger partial charge in [0.1, 0.15) is 6.04 Å². The van der Waals surface area contributed by atoms with Gasteiger partial charge >= 0.3 is 0 Å². The van der Waals surface area contributed by atoms with Gasteiger partial charge in [-0.25, -0.2) is 8.78 Å². The minimum absolute atomic E-state index is 0.113. The monoisotopic (exact) mass is 303 g/mol. The van der Waals surface area contributed by atoms with Gasteiger partial charge in [0.25, 0.3) is 5.92 Å². The zero-order valence-corrected chi connectivity index (χ0v) is 12.0. The van der Waals surface area contributed by atoms with Crippen molar-refractivity contribution in [2.24, 2.45) is 0 Å². The number of aryl methyl sites for hydroxylation is 1. The minimum Gasteiger partial charge on any atom is -0.381 e. The van der Waals surface area contributed by atoms with Gasteiger partial charge in [-0.1, -0.05) is 0 Å². The van der Waals surface area contributed by atoms with Crippen LogP contribution in [0.3, 0.4) is 0 Å². The van der Waals surface area contributed by atoms with Crippen molar-refractivity contribution in [3.63, 3.8) is 0 Å². The number of alkyl halides is 2. The van der Waals surface area contributed by atoms with Crippen molar-refractivity contribution in [3.05, 3.63) is 41.9 Å². The Hall–Kier alpha value is -2.44. The molecule has 1 fully saturated rings. The number of halogens is 2. The van der Waals surface area contributed by atoms with Crippen LogP contribution in [0.15, 0.2) is 30.7 Å². The molecule has 5 nitrogen and oxygen atoms in total. The summed E-state index contributed by atoms with van der Waals surface area (Å²) in [5.74, 6) is -2.60. The highest BCUT2D eigenvalue weighted by Gasteiger charge is 2.59. The van der Waals surface area contributed by atoms with Gasteiger partial charge in [0, 0.05) is 35.8 Å². The van der Waals surface area contributed by atoms with Gasteiger partial charge in [0.15, 0.2) is 0 Å². The first kappa shape index (κ1) is 13.2. The van der Waals surface area contributed by atoms with E-state index in [4.69, 9.17) is 0 Å². The van der Waals surface area contributed by atoms with Crippen molar-refractivity contribution in [1.82, 2.24) is 20.0 Å². The summed E-state index contributed by atoms with van der Waals surface area (Å²) in [5.41, 5.74) is 3.97. The molecular weight excluding hydrogens is 288 g/mol. The number of anilines is 1. The van der Waals surface area contributed by atoms with Gasteiger partial charge < -0.3 is 5.32 Å². The van der Waals surface area contributed by atoms with Crippen LogP contribution in [0.4, 0.5) is 14.5 Å². The van der Waals surface area contributed by atoms with E-state index in [1.807, 2.05) is 19.1 Å². The molecule has 0 amide bonds. The molecule has 2 N–H and O–H groups in total. The molecule has 2 aromatic heterocycles. The number of hydrogen-bond donors (Lipinski definition) is 2. The Morgan fingerprint density at radius 3 is 3.00 bits per heavy atom. The van der Waals surface area contributed by atoms with E-state index in [2.05, 4.69) is 20.6 Å².